The van der Waals surface area contributed by atoms with Crippen molar-refractivity contribution in [2.45, 2.75) is 4.90 Å². The van der Waals surface area contributed by atoms with Crippen molar-refractivity contribution in [1.82, 2.24) is 4.98 Å². The minimum Gasteiger partial charge on any atom is -0.321 e. The molecule has 2 aromatic carbocycles. The van der Waals surface area contributed by atoms with Crippen molar-refractivity contribution >= 4 is 34.3 Å². The number of nitrogens with zero attached hydrogens (tertiary/aromatic N) is 1. The molecule has 0 saturated carbocycles. The van der Waals surface area contributed by atoms with Gasteiger partial charge in [0.05, 0.1) is 16.8 Å². The minimum atomic E-state index is -0.101. The van der Waals surface area contributed by atoms with Crippen molar-refractivity contribution < 1.29 is 4.79 Å². The largest absolute Gasteiger partial charge is 0.321 e. The maximum absolute atomic E-state index is 12.5. The summed E-state index contributed by atoms with van der Waals surface area (Å²) in [5.41, 5.74) is 2.33. The van der Waals surface area contributed by atoms with Crippen LogP contribution in [0, 0.1) is 0 Å². The molecule has 0 fully saturated rings. The average molecular weight is 294 g/mol. The molecule has 0 saturated heterocycles. The molecule has 0 spiro atoms. The number of amides is 1. The van der Waals surface area contributed by atoms with Crippen LogP contribution in [-0.4, -0.2) is 17.1 Å². The quantitative estimate of drug-likeness (QED) is 0.736. The van der Waals surface area contributed by atoms with E-state index < -0.39 is 0 Å². The van der Waals surface area contributed by atoms with Gasteiger partial charge >= 0.3 is 0 Å². The molecule has 1 aromatic heterocycles. The highest BCUT2D eigenvalue weighted by molar-refractivity contribution is 7.98. The number of rotatable bonds is 3. The van der Waals surface area contributed by atoms with Crippen LogP contribution in [0.15, 0.2) is 65.7 Å². The van der Waals surface area contributed by atoms with Gasteiger partial charge < -0.3 is 5.32 Å². The maximum atomic E-state index is 12.5. The van der Waals surface area contributed by atoms with Gasteiger partial charge in [0.2, 0.25) is 0 Å². The first kappa shape index (κ1) is 13.6. The number of carbonyl (C=O) groups is 1. The van der Waals surface area contributed by atoms with Crippen LogP contribution in [0.1, 0.15) is 10.4 Å². The van der Waals surface area contributed by atoms with Crippen LogP contribution in [-0.2, 0) is 0 Å². The summed E-state index contributed by atoms with van der Waals surface area (Å²) in [6, 6.07) is 17.1. The maximum Gasteiger partial charge on any atom is 0.256 e. The molecule has 3 aromatic rings. The molecule has 0 aliphatic rings. The predicted molar refractivity (Wildman–Crippen MR) is 87.9 cm³/mol. The first-order valence-electron chi connectivity index (χ1n) is 6.58. The molecule has 0 unspecified atom stereocenters. The SMILES string of the molecule is CSc1ccccc1C(=O)Nc1cccc2ncccc12. The fraction of sp³-hybridized carbons (Fsp3) is 0.0588. The number of hydrogen-bond acceptors (Lipinski definition) is 3. The molecular weight excluding hydrogens is 280 g/mol. The highest BCUT2D eigenvalue weighted by Gasteiger charge is 2.11. The van der Waals surface area contributed by atoms with Crippen molar-refractivity contribution in [3.05, 3.63) is 66.4 Å². The number of hydrogen-bond donors (Lipinski definition) is 1. The Morgan fingerprint density at radius 2 is 1.90 bits per heavy atom. The number of fused-ring (bicyclic) bond motifs is 1. The third-order valence-corrected chi connectivity index (χ3v) is 4.04. The Morgan fingerprint density at radius 3 is 2.76 bits per heavy atom. The fourth-order valence-corrected chi connectivity index (χ4v) is 2.83. The second-order valence-electron chi connectivity index (χ2n) is 4.53. The van der Waals surface area contributed by atoms with Gasteiger partial charge in [-0.15, -0.1) is 11.8 Å². The molecule has 21 heavy (non-hydrogen) atoms. The summed E-state index contributed by atoms with van der Waals surface area (Å²) in [6.07, 6.45) is 3.71. The highest BCUT2D eigenvalue weighted by Crippen LogP contribution is 2.24. The highest BCUT2D eigenvalue weighted by atomic mass is 32.2. The van der Waals surface area contributed by atoms with E-state index in [1.165, 1.54) is 0 Å². The Balaban J connectivity index is 1.97. The molecule has 0 atom stereocenters. The molecule has 0 radical (unpaired) electrons. The molecule has 0 bridgehead atoms. The monoisotopic (exact) mass is 294 g/mol. The van der Waals surface area contributed by atoms with Crippen molar-refractivity contribution in [3.8, 4) is 0 Å². The third kappa shape index (κ3) is 2.76. The Labute approximate surface area is 127 Å². The molecule has 4 heteroatoms. The summed E-state index contributed by atoms with van der Waals surface area (Å²) in [4.78, 5) is 17.8. The number of thioether (sulfide) groups is 1. The van der Waals surface area contributed by atoms with Crippen molar-refractivity contribution in [1.29, 1.82) is 0 Å². The molecular formula is C17H14N2OS. The standard InChI is InChI=1S/C17H14N2OS/c1-21-16-10-3-2-6-13(16)17(20)19-15-9-4-8-14-12(15)7-5-11-18-14/h2-11H,1H3,(H,19,20). The Hall–Kier alpha value is -2.33. The van der Waals surface area contributed by atoms with E-state index in [1.807, 2.05) is 60.9 Å². The Bertz CT molecular complexity index is 796. The molecule has 3 rings (SSSR count). The summed E-state index contributed by atoms with van der Waals surface area (Å²) in [5.74, 6) is -0.101. The summed E-state index contributed by atoms with van der Waals surface area (Å²) in [7, 11) is 0. The number of pyridine rings is 1. The second-order valence-corrected chi connectivity index (χ2v) is 5.38. The van der Waals surface area contributed by atoms with Crippen LogP contribution in [0.25, 0.3) is 10.9 Å². The summed E-state index contributed by atoms with van der Waals surface area (Å²) in [5, 5.41) is 3.92. The van der Waals surface area contributed by atoms with Gasteiger partial charge in [-0.05, 0) is 42.7 Å². The van der Waals surface area contributed by atoms with Crippen LogP contribution in [0.3, 0.4) is 0 Å². The minimum absolute atomic E-state index is 0.101. The summed E-state index contributed by atoms with van der Waals surface area (Å²) < 4.78 is 0. The molecule has 1 N–H and O–H groups in total. The van der Waals surface area contributed by atoms with Crippen LogP contribution in [0.5, 0.6) is 0 Å². The molecule has 1 amide bonds. The number of anilines is 1. The van der Waals surface area contributed by atoms with Crippen LogP contribution >= 0.6 is 11.8 Å². The summed E-state index contributed by atoms with van der Waals surface area (Å²) >= 11 is 1.56. The van der Waals surface area contributed by atoms with E-state index in [0.717, 1.165) is 21.5 Å². The predicted octanol–water partition coefficient (Wildman–Crippen LogP) is 4.21. The van der Waals surface area contributed by atoms with Gasteiger partial charge in [-0.3, -0.25) is 9.78 Å². The lowest BCUT2D eigenvalue weighted by Gasteiger charge is -2.10. The normalized spacial score (nSPS) is 10.5. The molecule has 1 heterocycles. The van der Waals surface area contributed by atoms with E-state index in [-0.39, 0.29) is 5.91 Å². The van der Waals surface area contributed by atoms with Crippen LogP contribution < -0.4 is 5.32 Å². The topological polar surface area (TPSA) is 42.0 Å². The van der Waals surface area contributed by atoms with E-state index in [9.17, 15) is 4.79 Å². The Kier molecular flexibility index (Phi) is 3.88. The van der Waals surface area contributed by atoms with Gasteiger partial charge in [0.1, 0.15) is 0 Å². The zero-order chi connectivity index (χ0) is 14.7. The van der Waals surface area contributed by atoms with Gasteiger partial charge in [0.15, 0.2) is 0 Å². The first-order chi connectivity index (χ1) is 10.3. The van der Waals surface area contributed by atoms with Gasteiger partial charge in [-0.25, -0.2) is 0 Å². The molecule has 3 nitrogen and oxygen atoms in total. The first-order valence-corrected chi connectivity index (χ1v) is 7.80. The van der Waals surface area contributed by atoms with Crippen molar-refractivity contribution in [3.63, 3.8) is 0 Å². The van der Waals surface area contributed by atoms with E-state index in [0.29, 0.717) is 5.56 Å². The van der Waals surface area contributed by atoms with E-state index in [1.54, 1.807) is 18.0 Å². The van der Waals surface area contributed by atoms with Gasteiger partial charge in [-0.2, -0.15) is 0 Å². The Morgan fingerprint density at radius 1 is 1.05 bits per heavy atom. The number of carbonyl (C=O) groups excluding carboxylic acids is 1. The van der Waals surface area contributed by atoms with E-state index in [4.69, 9.17) is 0 Å². The second kappa shape index (κ2) is 5.97. The van der Waals surface area contributed by atoms with Crippen molar-refractivity contribution in [2.75, 3.05) is 11.6 Å². The number of aromatic nitrogens is 1. The average Bonchev–Trinajstić information content (AvgIpc) is 2.55. The number of benzene rings is 2. The van der Waals surface area contributed by atoms with Gasteiger partial charge in [-0.1, -0.05) is 18.2 Å². The lowest BCUT2D eigenvalue weighted by atomic mass is 10.1. The molecule has 104 valence electrons. The molecule has 0 aliphatic heterocycles. The van der Waals surface area contributed by atoms with E-state index in [2.05, 4.69) is 10.3 Å². The van der Waals surface area contributed by atoms with Crippen molar-refractivity contribution in [2.24, 2.45) is 0 Å². The zero-order valence-corrected chi connectivity index (χ0v) is 12.4. The third-order valence-electron chi connectivity index (χ3n) is 3.25. The van der Waals surface area contributed by atoms with Crippen LogP contribution in [0.4, 0.5) is 5.69 Å². The zero-order valence-electron chi connectivity index (χ0n) is 11.5. The smallest absolute Gasteiger partial charge is 0.256 e. The number of nitrogens with one attached hydrogen (secondary N) is 1. The van der Waals surface area contributed by atoms with E-state index >= 15 is 0 Å². The van der Waals surface area contributed by atoms with Gasteiger partial charge in [0, 0.05) is 16.5 Å². The van der Waals surface area contributed by atoms with Gasteiger partial charge in [0.25, 0.3) is 5.91 Å². The molecule has 0 aliphatic carbocycles. The fourth-order valence-electron chi connectivity index (χ4n) is 2.23. The lowest BCUT2D eigenvalue weighted by molar-refractivity contribution is 0.102. The lowest BCUT2D eigenvalue weighted by Crippen LogP contribution is -2.13. The summed E-state index contributed by atoms with van der Waals surface area (Å²) in [6.45, 7) is 0. The van der Waals surface area contributed by atoms with Crippen LogP contribution in [0.2, 0.25) is 0 Å².